The van der Waals surface area contributed by atoms with Crippen molar-refractivity contribution in [3.05, 3.63) is 69.3 Å². The summed E-state index contributed by atoms with van der Waals surface area (Å²) in [5, 5.41) is 10.9. The van der Waals surface area contributed by atoms with Crippen molar-refractivity contribution in [3.63, 3.8) is 0 Å². The van der Waals surface area contributed by atoms with Crippen LogP contribution in [0.1, 0.15) is 16.7 Å². The molecule has 0 aliphatic carbocycles. The molecule has 134 valence electrons. The molecule has 0 amide bonds. The molecule has 0 bridgehead atoms. The molecule has 10 heteroatoms. The minimum Gasteiger partial charge on any atom is -0.258 e. The van der Waals surface area contributed by atoms with Gasteiger partial charge in [0.25, 0.3) is 5.69 Å². The number of nitro groups is 1. The van der Waals surface area contributed by atoms with Crippen molar-refractivity contribution in [2.75, 3.05) is 0 Å². The maximum Gasteiger partial charge on any atom is 0.416 e. The van der Waals surface area contributed by atoms with Crippen LogP contribution in [0.25, 0.3) is 0 Å². The number of nitro benzene ring substituents is 1. The summed E-state index contributed by atoms with van der Waals surface area (Å²) in [5.41, 5.74) is -1.19. The number of hydrogen-bond donors (Lipinski definition) is 1. The zero-order valence-corrected chi connectivity index (χ0v) is 13.7. The third kappa shape index (κ3) is 4.34. The number of rotatable bonds is 5. The number of hydrogen-bond acceptors (Lipinski definition) is 4. The highest BCUT2D eigenvalue weighted by Crippen LogP contribution is 2.30. The zero-order valence-electron chi connectivity index (χ0n) is 12.9. The van der Waals surface area contributed by atoms with Crippen molar-refractivity contribution in [3.8, 4) is 0 Å². The quantitative estimate of drug-likeness (QED) is 0.642. The second-order valence-corrected chi connectivity index (χ2v) is 6.92. The van der Waals surface area contributed by atoms with E-state index in [0.29, 0.717) is 0 Å². The molecule has 0 atom stereocenters. The lowest BCUT2D eigenvalue weighted by Crippen LogP contribution is -2.24. The molecule has 0 heterocycles. The van der Waals surface area contributed by atoms with E-state index in [4.69, 9.17) is 0 Å². The largest absolute Gasteiger partial charge is 0.416 e. The third-order valence-corrected chi connectivity index (χ3v) is 5.01. The van der Waals surface area contributed by atoms with E-state index in [2.05, 4.69) is 4.72 Å². The van der Waals surface area contributed by atoms with Gasteiger partial charge in [-0.15, -0.1) is 0 Å². The molecule has 0 aliphatic heterocycles. The molecular weight excluding hydrogens is 361 g/mol. The Bertz CT molecular complexity index is 911. The van der Waals surface area contributed by atoms with Crippen LogP contribution in [0.4, 0.5) is 18.9 Å². The first-order chi connectivity index (χ1) is 11.5. The van der Waals surface area contributed by atoms with Gasteiger partial charge in [-0.25, -0.2) is 13.1 Å². The molecule has 0 radical (unpaired) electrons. The molecular formula is C15H13F3N2O4S. The Kier molecular flexibility index (Phi) is 5.14. The van der Waals surface area contributed by atoms with Crippen molar-refractivity contribution in [2.24, 2.45) is 0 Å². The Morgan fingerprint density at radius 3 is 2.40 bits per heavy atom. The molecule has 0 saturated heterocycles. The summed E-state index contributed by atoms with van der Waals surface area (Å²) in [4.78, 5) is 9.89. The van der Waals surface area contributed by atoms with Gasteiger partial charge in [-0.3, -0.25) is 10.1 Å². The third-order valence-electron chi connectivity index (χ3n) is 3.46. The van der Waals surface area contributed by atoms with Crippen molar-refractivity contribution >= 4 is 15.7 Å². The first kappa shape index (κ1) is 18.9. The second-order valence-electron chi connectivity index (χ2n) is 5.18. The number of benzene rings is 2. The Morgan fingerprint density at radius 1 is 1.16 bits per heavy atom. The van der Waals surface area contributed by atoms with Gasteiger partial charge in [0.1, 0.15) is 0 Å². The lowest BCUT2D eigenvalue weighted by atomic mass is 10.1. The van der Waals surface area contributed by atoms with Crippen LogP contribution in [-0.2, 0) is 22.7 Å². The monoisotopic (exact) mass is 374 g/mol. The lowest BCUT2D eigenvalue weighted by Gasteiger charge is -2.11. The predicted octanol–water partition coefficient (Wildman–Crippen LogP) is 3.40. The maximum absolute atomic E-state index is 12.7. The number of nitrogens with one attached hydrogen (secondary N) is 1. The average Bonchev–Trinajstić information content (AvgIpc) is 2.52. The van der Waals surface area contributed by atoms with Crippen molar-refractivity contribution < 1.29 is 26.5 Å². The van der Waals surface area contributed by atoms with Gasteiger partial charge < -0.3 is 0 Å². The van der Waals surface area contributed by atoms with E-state index in [1.807, 2.05) is 0 Å². The first-order valence-electron chi connectivity index (χ1n) is 6.92. The van der Waals surface area contributed by atoms with Crippen LogP contribution in [0.5, 0.6) is 0 Å². The molecule has 2 rings (SSSR count). The molecule has 0 unspecified atom stereocenters. The summed E-state index contributed by atoms with van der Waals surface area (Å²) in [6.45, 7) is 0.908. The van der Waals surface area contributed by atoms with E-state index in [-0.39, 0.29) is 28.3 Å². The summed E-state index contributed by atoms with van der Waals surface area (Å²) in [6.07, 6.45) is -4.54. The van der Waals surface area contributed by atoms with E-state index in [1.54, 1.807) is 0 Å². The van der Waals surface area contributed by atoms with Crippen LogP contribution < -0.4 is 4.72 Å². The number of nitrogens with zero attached hydrogens (tertiary/aromatic N) is 1. The minimum absolute atomic E-state index is 0.0518. The topological polar surface area (TPSA) is 89.3 Å². The second kappa shape index (κ2) is 6.81. The van der Waals surface area contributed by atoms with Crippen LogP contribution >= 0.6 is 0 Å². The molecule has 0 aliphatic rings. The summed E-state index contributed by atoms with van der Waals surface area (Å²) in [5.74, 6) is 0. The van der Waals surface area contributed by atoms with Gasteiger partial charge in [-0.1, -0.05) is 24.3 Å². The summed E-state index contributed by atoms with van der Waals surface area (Å²) < 4.78 is 64.8. The van der Waals surface area contributed by atoms with Crippen LogP contribution in [0, 0.1) is 17.0 Å². The van der Waals surface area contributed by atoms with E-state index in [0.717, 1.165) is 12.1 Å². The van der Waals surface area contributed by atoms with Gasteiger partial charge in [0.15, 0.2) is 0 Å². The van der Waals surface area contributed by atoms with Gasteiger partial charge in [-0.05, 0) is 24.6 Å². The molecule has 2 aromatic carbocycles. The maximum atomic E-state index is 12.7. The van der Waals surface area contributed by atoms with E-state index < -0.39 is 26.7 Å². The summed E-state index contributed by atoms with van der Waals surface area (Å²) in [7, 11) is -4.13. The SMILES string of the molecule is Cc1c([N+](=O)[O-])cccc1S(=O)(=O)NCc1cccc(C(F)(F)F)c1. The van der Waals surface area contributed by atoms with E-state index >= 15 is 0 Å². The summed E-state index contributed by atoms with van der Waals surface area (Å²) in [6, 6.07) is 7.82. The average molecular weight is 374 g/mol. The molecule has 0 saturated carbocycles. The Balaban J connectivity index is 2.27. The lowest BCUT2D eigenvalue weighted by molar-refractivity contribution is -0.385. The molecule has 0 fully saturated rings. The van der Waals surface area contributed by atoms with E-state index in [9.17, 15) is 31.7 Å². The van der Waals surface area contributed by atoms with Gasteiger partial charge in [0.05, 0.1) is 15.4 Å². The smallest absolute Gasteiger partial charge is 0.258 e. The molecule has 2 aromatic rings. The number of halogens is 3. The highest BCUT2D eigenvalue weighted by Gasteiger charge is 2.30. The fourth-order valence-electron chi connectivity index (χ4n) is 2.21. The molecule has 6 nitrogen and oxygen atoms in total. The van der Waals surface area contributed by atoms with Crippen LogP contribution in [-0.4, -0.2) is 13.3 Å². The van der Waals surface area contributed by atoms with Gasteiger partial charge >= 0.3 is 6.18 Å². The Morgan fingerprint density at radius 2 is 1.80 bits per heavy atom. The van der Waals surface area contributed by atoms with Crippen LogP contribution in [0.2, 0.25) is 0 Å². The molecule has 1 N–H and O–H groups in total. The van der Waals surface area contributed by atoms with Crippen molar-refractivity contribution in [1.82, 2.24) is 4.72 Å². The number of sulfonamides is 1. The highest BCUT2D eigenvalue weighted by atomic mass is 32.2. The van der Waals surface area contributed by atoms with Crippen molar-refractivity contribution in [2.45, 2.75) is 24.5 Å². The fraction of sp³-hybridized carbons (Fsp3) is 0.200. The zero-order chi connectivity index (χ0) is 18.8. The van der Waals surface area contributed by atoms with Crippen molar-refractivity contribution in [1.29, 1.82) is 0 Å². The Hall–Kier alpha value is -2.46. The van der Waals surface area contributed by atoms with Gasteiger partial charge in [0.2, 0.25) is 10.0 Å². The van der Waals surface area contributed by atoms with E-state index in [1.165, 1.54) is 37.3 Å². The number of alkyl halides is 3. The van der Waals surface area contributed by atoms with Crippen LogP contribution in [0.15, 0.2) is 47.4 Å². The first-order valence-corrected chi connectivity index (χ1v) is 8.40. The molecule has 0 aromatic heterocycles. The molecule has 0 spiro atoms. The van der Waals surface area contributed by atoms with Crippen LogP contribution in [0.3, 0.4) is 0 Å². The van der Waals surface area contributed by atoms with Gasteiger partial charge in [-0.2, -0.15) is 13.2 Å². The minimum atomic E-state index is -4.54. The highest BCUT2D eigenvalue weighted by molar-refractivity contribution is 7.89. The molecule has 25 heavy (non-hydrogen) atoms. The fourth-order valence-corrected chi connectivity index (χ4v) is 3.48. The standard InChI is InChI=1S/C15H13F3N2O4S/c1-10-13(20(21)22)6-3-7-14(10)25(23,24)19-9-11-4-2-5-12(8-11)15(16,17)18/h2-8,19H,9H2,1H3. The Labute approximate surface area is 141 Å². The summed E-state index contributed by atoms with van der Waals surface area (Å²) >= 11 is 0. The predicted molar refractivity (Wildman–Crippen MR) is 83.3 cm³/mol. The van der Waals surface area contributed by atoms with Gasteiger partial charge in [0, 0.05) is 18.2 Å². The normalized spacial score (nSPS) is 12.2.